The van der Waals surface area contributed by atoms with E-state index in [9.17, 15) is 13.2 Å². The van der Waals surface area contributed by atoms with Gasteiger partial charge in [-0.3, -0.25) is 4.79 Å². The summed E-state index contributed by atoms with van der Waals surface area (Å²) in [4.78, 5) is 20.2. The molecule has 0 bridgehead atoms. The number of carbonyl (C=O) groups is 1. The molecule has 1 aromatic carbocycles. The molecule has 1 saturated carbocycles. The summed E-state index contributed by atoms with van der Waals surface area (Å²) >= 11 is 0. The highest BCUT2D eigenvalue weighted by molar-refractivity contribution is 7.89. The first kappa shape index (κ1) is 20.4. The molecule has 0 unspecified atom stereocenters. The van der Waals surface area contributed by atoms with Gasteiger partial charge in [0.2, 0.25) is 10.0 Å². The summed E-state index contributed by atoms with van der Waals surface area (Å²) in [6.45, 7) is 5.21. The minimum atomic E-state index is -3.67. The largest absolute Gasteiger partial charge is 0.460 e. The fourth-order valence-electron chi connectivity index (χ4n) is 3.36. The Balaban J connectivity index is 1.59. The number of ether oxygens (including phenoxy) is 1. The molecule has 3 rings (SSSR count). The first-order chi connectivity index (χ1) is 13.2. The average Bonchev–Trinajstić information content (AvgIpc) is 2.62. The van der Waals surface area contributed by atoms with Gasteiger partial charge >= 0.3 is 6.01 Å². The Morgan fingerprint density at radius 3 is 2.32 bits per heavy atom. The average molecular weight is 404 g/mol. The Hall–Kier alpha value is -2.32. The normalized spacial score (nSPS) is 20.0. The highest BCUT2D eigenvalue weighted by atomic mass is 32.2. The van der Waals surface area contributed by atoms with E-state index in [4.69, 9.17) is 4.74 Å². The predicted molar refractivity (Wildman–Crippen MR) is 105 cm³/mol. The Bertz CT molecular complexity index is 947. The molecule has 1 aliphatic carbocycles. The van der Waals surface area contributed by atoms with Crippen LogP contribution in [0.25, 0.3) is 0 Å². The van der Waals surface area contributed by atoms with E-state index < -0.39 is 10.0 Å². The molecule has 0 spiro atoms. The lowest BCUT2D eigenvalue weighted by atomic mass is 9.94. The number of sulfonamides is 1. The van der Waals surface area contributed by atoms with Crippen LogP contribution < -0.4 is 9.46 Å². The lowest BCUT2D eigenvalue weighted by molar-refractivity contribution is 0.101. The van der Waals surface area contributed by atoms with Crippen molar-refractivity contribution < 1.29 is 17.9 Å². The van der Waals surface area contributed by atoms with Crippen LogP contribution in [0.4, 0.5) is 0 Å². The molecule has 0 atom stereocenters. The van der Waals surface area contributed by atoms with E-state index in [1.54, 1.807) is 12.1 Å². The number of rotatable bonds is 6. The number of carbonyl (C=O) groups excluding carboxylic acids is 1. The van der Waals surface area contributed by atoms with Crippen LogP contribution in [0.15, 0.2) is 35.2 Å². The van der Waals surface area contributed by atoms with Gasteiger partial charge in [0.25, 0.3) is 0 Å². The molecule has 150 valence electrons. The fourth-order valence-corrected chi connectivity index (χ4v) is 4.71. The molecule has 0 radical (unpaired) electrons. The molecule has 1 fully saturated rings. The van der Waals surface area contributed by atoms with Crippen molar-refractivity contribution in [3.05, 3.63) is 47.3 Å². The molecule has 0 aliphatic heterocycles. The van der Waals surface area contributed by atoms with E-state index in [1.165, 1.54) is 19.1 Å². The first-order valence-corrected chi connectivity index (χ1v) is 10.8. The van der Waals surface area contributed by atoms with Crippen LogP contribution in [0.3, 0.4) is 0 Å². The first-order valence-electron chi connectivity index (χ1n) is 9.35. The third-order valence-electron chi connectivity index (χ3n) is 4.78. The number of aromatic nitrogens is 2. The Morgan fingerprint density at radius 2 is 1.71 bits per heavy atom. The number of aryl methyl sites for hydroxylation is 2. The number of nitrogens with zero attached hydrogens (tertiary/aromatic N) is 2. The van der Waals surface area contributed by atoms with Crippen molar-refractivity contribution in [2.45, 2.75) is 63.5 Å². The summed E-state index contributed by atoms with van der Waals surface area (Å²) < 4.78 is 33.9. The molecule has 7 nitrogen and oxygen atoms in total. The van der Waals surface area contributed by atoms with Gasteiger partial charge < -0.3 is 4.74 Å². The minimum Gasteiger partial charge on any atom is -0.460 e. The quantitative estimate of drug-likeness (QED) is 0.745. The van der Waals surface area contributed by atoms with Crippen LogP contribution in [-0.4, -0.2) is 36.3 Å². The molecule has 1 N–H and O–H groups in total. The van der Waals surface area contributed by atoms with Crippen molar-refractivity contribution in [2.24, 2.45) is 0 Å². The lowest BCUT2D eigenvalue weighted by Crippen LogP contribution is -2.39. The summed E-state index contributed by atoms with van der Waals surface area (Å²) in [6.07, 6.45) is 2.75. The van der Waals surface area contributed by atoms with Gasteiger partial charge in [-0.05, 0) is 64.7 Å². The molecule has 8 heteroatoms. The monoisotopic (exact) mass is 403 g/mol. The van der Waals surface area contributed by atoms with Crippen molar-refractivity contribution in [2.75, 3.05) is 0 Å². The molecular weight excluding hydrogens is 378 g/mol. The van der Waals surface area contributed by atoms with Gasteiger partial charge in [0, 0.05) is 23.0 Å². The summed E-state index contributed by atoms with van der Waals surface area (Å²) in [7, 11) is -3.67. The highest BCUT2D eigenvalue weighted by Crippen LogP contribution is 2.24. The maximum absolute atomic E-state index is 12.6. The number of ketones is 1. The standard InChI is InChI=1S/C20H25N3O4S/c1-13-11-14(2)22-20(21-13)27-18-9-7-17(8-10-18)23-28(25,26)19-6-4-5-16(12-19)15(3)24/h4-6,11-12,17-18,23H,7-10H2,1-3H3. The molecule has 1 aliphatic rings. The van der Waals surface area contributed by atoms with E-state index in [2.05, 4.69) is 14.7 Å². The maximum atomic E-state index is 12.6. The zero-order valence-corrected chi connectivity index (χ0v) is 17.1. The van der Waals surface area contributed by atoms with E-state index in [-0.39, 0.29) is 22.8 Å². The van der Waals surface area contributed by atoms with Gasteiger partial charge in [0.1, 0.15) is 6.10 Å². The van der Waals surface area contributed by atoms with Gasteiger partial charge in [-0.15, -0.1) is 0 Å². The highest BCUT2D eigenvalue weighted by Gasteiger charge is 2.27. The smallest absolute Gasteiger partial charge is 0.317 e. The number of hydrogen-bond acceptors (Lipinski definition) is 6. The van der Waals surface area contributed by atoms with Gasteiger partial charge in [-0.1, -0.05) is 12.1 Å². The molecule has 0 saturated heterocycles. The van der Waals surface area contributed by atoms with E-state index in [1.807, 2.05) is 19.9 Å². The summed E-state index contributed by atoms with van der Waals surface area (Å²) in [5, 5.41) is 0. The Morgan fingerprint density at radius 1 is 1.07 bits per heavy atom. The Labute approximate surface area is 165 Å². The molecule has 1 aromatic heterocycles. The second-order valence-corrected chi connectivity index (χ2v) is 8.94. The molecule has 1 heterocycles. The topological polar surface area (TPSA) is 98.2 Å². The van der Waals surface area contributed by atoms with Crippen molar-refractivity contribution in [3.8, 4) is 6.01 Å². The zero-order chi connectivity index (χ0) is 20.3. The minimum absolute atomic E-state index is 0.0250. The SMILES string of the molecule is CC(=O)c1cccc(S(=O)(=O)NC2CCC(Oc3nc(C)cc(C)n3)CC2)c1. The van der Waals surface area contributed by atoms with Crippen molar-refractivity contribution in [1.82, 2.24) is 14.7 Å². The summed E-state index contributed by atoms with van der Waals surface area (Å²) in [6, 6.07) is 8.21. The molecular formula is C20H25N3O4S. The van der Waals surface area contributed by atoms with Crippen molar-refractivity contribution >= 4 is 15.8 Å². The van der Waals surface area contributed by atoms with Gasteiger partial charge in [0.15, 0.2) is 5.78 Å². The number of Topliss-reactive ketones (excluding diaryl/α,β-unsaturated/α-hetero) is 1. The number of hydrogen-bond donors (Lipinski definition) is 1. The summed E-state index contributed by atoms with van der Waals surface area (Å²) in [5.74, 6) is -0.164. The van der Waals surface area contributed by atoms with Crippen LogP contribution in [0.5, 0.6) is 6.01 Å². The van der Waals surface area contributed by atoms with Gasteiger partial charge in [0.05, 0.1) is 4.90 Å². The van der Waals surface area contributed by atoms with E-state index in [0.29, 0.717) is 24.4 Å². The van der Waals surface area contributed by atoms with Crippen molar-refractivity contribution in [3.63, 3.8) is 0 Å². The second kappa shape index (κ2) is 8.36. The van der Waals surface area contributed by atoms with Crippen molar-refractivity contribution in [1.29, 1.82) is 0 Å². The van der Waals surface area contributed by atoms with Crippen LogP contribution in [0.1, 0.15) is 54.4 Å². The van der Waals surface area contributed by atoms with Gasteiger partial charge in [-0.25, -0.2) is 23.1 Å². The third kappa shape index (κ3) is 5.14. The Kier molecular flexibility index (Phi) is 6.10. The van der Waals surface area contributed by atoms with Crippen LogP contribution in [0.2, 0.25) is 0 Å². The lowest BCUT2D eigenvalue weighted by Gasteiger charge is -2.28. The van der Waals surface area contributed by atoms with Crippen LogP contribution in [-0.2, 0) is 10.0 Å². The van der Waals surface area contributed by atoms with Crippen LogP contribution >= 0.6 is 0 Å². The number of nitrogens with one attached hydrogen (secondary N) is 1. The zero-order valence-electron chi connectivity index (χ0n) is 16.3. The fraction of sp³-hybridized carbons (Fsp3) is 0.450. The molecule has 2 aromatic rings. The van der Waals surface area contributed by atoms with E-state index in [0.717, 1.165) is 24.2 Å². The molecule has 28 heavy (non-hydrogen) atoms. The van der Waals surface area contributed by atoms with Crippen LogP contribution in [0, 0.1) is 13.8 Å². The number of benzene rings is 1. The predicted octanol–water partition coefficient (Wildman–Crippen LogP) is 2.96. The van der Waals surface area contributed by atoms with E-state index >= 15 is 0 Å². The third-order valence-corrected chi connectivity index (χ3v) is 6.30. The molecule has 0 amide bonds. The summed E-state index contributed by atoms with van der Waals surface area (Å²) in [5.41, 5.74) is 2.10. The second-order valence-electron chi connectivity index (χ2n) is 7.23. The maximum Gasteiger partial charge on any atom is 0.317 e. The van der Waals surface area contributed by atoms with Gasteiger partial charge in [-0.2, -0.15) is 0 Å².